The molecule has 0 bridgehead atoms. The Labute approximate surface area is 69.8 Å². The van der Waals surface area contributed by atoms with E-state index in [1.54, 1.807) is 0 Å². The quantitative estimate of drug-likeness (QED) is 0.610. The molecule has 1 unspecified atom stereocenters. The zero-order valence-corrected chi connectivity index (χ0v) is 7.57. The summed E-state index contributed by atoms with van der Waals surface area (Å²) in [7, 11) is 0. The van der Waals surface area contributed by atoms with E-state index in [0.29, 0.717) is 0 Å². The molecule has 0 aromatic heterocycles. The van der Waals surface area contributed by atoms with Gasteiger partial charge in [0, 0.05) is 0 Å². The van der Waals surface area contributed by atoms with Crippen LogP contribution in [-0.2, 0) is 7.86 Å². The Hall–Kier alpha value is -0.320. The second kappa shape index (κ2) is 2.38. The fraction of sp³-hybridized carbons (Fsp3) is 0.286. The third kappa shape index (κ3) is 0.885. The first-order valence-corrected chi connectivity index (χ1v) is 5.24. The van der Waals surface area contributed by atoms with E-state index < -0.39 is 21.6 Å². The molecule has 54 valence electrons. The van der Waals surface area contributed by atoms with Gasteiger partial charge in [-0.3, -0.25) is 0 Å². The topological polar surface area (TPSA) is 26.3 Å². The predicted molar refractivity (Wildman–Crippen MR) is 46.8 cm³/mol. The Balaban J connectivity index is 2.31. The summed E-state index contributed by atoms with van der Waals surface area (Å²) in [5.74, 6) is 0.102. The van der Waals surface area contributed by atoms with Crippen molar-refractivity contribution < 1.29 is 7.86 Å². The Morgan fingerprint density at radius 1 is 1.70 bits per heavy atom. The van der Waals surface area contributed by atoms with Crippen LogP contribution in [0.25, 0.3) is 0 Å². The molecule has 0 amide bonds. The van der Waals surface area contributed by atoms with Crippen molar-refractivity contribution in [1.82, 2.24) is 0 Å². The van der Waals surface area contributed by atoms with Crippen LogP contribution in [0, 0.1) is 5.92 Å². The number of carbonyl (C=O) groups excluding carboxylic acids is 1. The molecule has 0 radical (unpaired) electrons. The number of carbonyl (C=O) groups is 1. The first-order valence-electron chi connectivity index (χ1n) is 3.13. The van der Waals surface area contributed by atoms with E-state index in [2.05, 4.69) is 0 Å². The summed E-state index contributed by atoms with van der Waals surface area (Å²) in [6.07, 6.45) is 6.92. The zero-order valence-electron chi connectivity index (χ0n) is 5.24. The number of hydrogen-bond acceptors (Lipinski definition) is 2. The van der Waals surface area contributed by atoms with Crippen LogP contribution in [-0.4, -0.2) is 5.97 Å². The molecule has 1 saturated heterocycles. The molecule has 2 rings (SSSR count). The molecule has 0 spiro atoms. The third-order valence-electron chi connectivity index (χ3n) is 1.62. The van der Waals surface area contributed by atoms with Crippen molar-refractivity contribution in [3.8, 4) is 0 Å². The Kier molecular flexibility index (Phi) is 1.52. The summed E-state index contributed by atoms with van der Waals surface area (Å²) in [6, 6.07) is 0. The van der Waals surface area contributed by atoms with E-state index in [4.69, 9.17) is 3.07 Å². The van der Waals surface area contributed by atoms with Crippen LogP contribution in [0.1, 0.15) is 6.42 Å². The molecule has 0 N–H and O–H groups in total. The second-order valence-corrected chi connectivity index (χ2v) is 4.57. The van der Waals surface area contributed by atoms with Gasteiger partial charge in [0.1, 0.15) is 0 Å². The maximum atomic E-state index is 10.9. The molecule has 1 heterocycles. The van der Waals surface area contributed by atoms with Gasteiger partial charge in [0.2, 0.25) is 0 Å². The molecule has 3 heteroatoms. The van der Waals surface area contributed by atoms with Gasteiger partial charge in [-0.15, -0.1) is 0 Å². The standard InChI is InChI=1S/C7H7IO2/c9-7-5-3-1-2-4-6(5)8-10-7/h1-2,4-5,8H,3H2. The van der Waals surface area contributed by atoms with Crippen molar-refractivity contribution >= 4 is 27.6 Å². The molecular weight excluding hydrogens is 243 g/mol. The van der Waals surface area contributed by atoms with Crippen LogP contribution in [0.5, 0.6) is 0 Å². The maximum absolute atomic E-state index is 10.9. The summed E-state index contributed by atoms with van der Waals surface area (Å²) >= 11 is -0.564. The first kappa shape index (κ1) is 6.39. The molecule has 0 saturated carbocycles. The van der Waals surface area contributed by atoms with Gasteiger partial charge in [-0.25, -0.2) is 0 Å². The fourth-order valence-corrected chi connectivity index (χ4v) is 3.16. The minimum absolute atomic E-state index is 0.00185. The second-order valence-electron chi connectivity index (χ2n) is 2.27. The summed E-state index contributed by atoms with van der Waals surface area (Å²) in [6.45, 7) is 0. The summed E-state index contributed by atoms with van der Waals surface area (Å²) in [5.41, 5.74) is 0. The fourth-order valence-electron chi connectivity index (χ4n) is 1.06. The first-order chi connectivity index (χ1) is 4.88. The van der Waals surface area contributed by atoms with Crippen molar-refractivity contribution in [2.24, 2.45) is 5.92 Å². The van der Waals surface area contributed by atoms with Crippen molar-refractivity contribution in [3.63, 3.8) is 0 Å². The number of halogens is 1. The van der Waals surface area contributed by atoms with Crippen molar-refractivity contribution in [1.29, 1.82) is 0 Å². The van der Waals surface area contributed by atoms with Crippen LogP contribution < -0.4 is 0 Å². The van der Waals surface area contributed by atoms with Gasteiger partial charge in [0.05, 0.1) is 0 Å². The number of fused-ring (bicyclic) bond motifs is 1. The van der Waals surface area contributed by atoms with Crippen LogP contribution >= 0.6 is 21.6 Å². The van der Waals surface area contributed by atoms with Crippen LogP contribution in [0.15, 0.2) is 21.8 Å². The van der Waals surface area contributed by atoms with E-state index in [1.165, 1.54) is 3.58 Å². The van der Waals surface area contributed by atoms with Crippen LogP contribution in [0.2, 0.25) is 0 Å². The van der Waals surface area contributed by atoms with E-state index in [-0.39, 0.29) is 11.9 Å². The van der Waals surface area contributed by atoms with Gasteiger partial charge in [-0.05, 0) is 0 Å². The number of rotatable bonds is 0. The SMILES string of the molecule is O=C1O[IH]C2=CC=CCC12. The van der Waals surface area contributed by atoms with Gasteiger partial charge < -0.3 is 0 Å². The molecule has 10 heavy (non-hydrogen) atoms. The predicted octanol–water partition coefficient (Wildman–Crippen LogP) is 1.62. The zero-order chi connectivity index (χ0) is 6.97. The monoisotopic (exact) mass is 250 g/mol. The molecule has 1 atom stereocenters. The molecule has 1 fully saturated rings. The summed E-state index contributed by atoms with van der Waals surface area (Å²) < 4.78 is 6.24. The normalized spacial score (nSPS) is 30.2. The minimum atomic E-state index is -0.564. The van der Waals surface area contributed by atoms with Crippen molar-refractivity contribution in [2.45, 2.75) is 6.42 Å². The van der Waals surface area contributed by atoms with Gasteiger partial charge in [0.15, 0.2) is 0 Å². The molecule has 0 aromatic rings. The van der Waals surface area contributed by atoms with Crippen molar-refractivity contribution in [2.75, 3.05) is 0 Å². The Bertz CT molecular complexity index is 230. The molecule has 0 aromatic carbocycles. The van der Waals surface area contributed by atoms with Crippen LogP contribution in [0.3, 0.4) is 0 Å². The van der Waals surface area contributed by atoms with Crippen molar-refractivity contribution in [3.05, 3.63) is 21.8 Å². The van der Waals surface area contributed by atoms with E-state index in [0.717, 1.165) is 6.42 Å². The number of allylic oxidation sites excluding steroid dienone is 3. The average molecular weight is 250 g/mol. The molecule has 2 aliphatic rings. The summed E-state index contributed by atoms with van der Waals surface area (Å²) in [4.78, 5) is 10.9. The molecule has 2 nitrogen and oxygen atoms in total. The average Bonchev–Trinajstić information content (AvgIpc) is 2.34. The van der Waals surface area contributed by atoms with E-state index >= 15 is 0 Å². The molecular formula is C7H7IO2. The van der Waals surface area contributed by atoms with E-state index in [1.807, 2.05) is 18.2 Å². The van der Waals surface area contributed by atoms with Gasteiger partial charge in [-0.2, -0.15) is 0 Å². The molecule has 1 aliphatic carbocycles. The number of hydrogen-bond donors (Lipinski definition) is 0. The molecule has 1 aliphatic heterocycles. The van der Waals surface area contributed by atoms with Gasteiger partial charge in [0.25, 0.3) is 0 Å². The van der Waals surface area contributed by atoms with Gasteiger partial charge in [-0.1, -0.05) is 0 Å². The summed E-state index contributed by atoms with van der Waals surface area (Å²) in [5, 5.41) is 0. The Morgan fingerprint density at radius 2 is 2.60 bits per heavy atom. The van der Waals surface area contributed by atoms with E-state index in [9.17, 15) is 4.79 Å². The Morgan fingerprint density at radius 3 is 3.40 bits per heavy atom. The third-order valence-corrected chi connectivity index (χ3v) is 4.07. The van der Waals surface area contributed by atoms with Crippen LogP contribution in [0.4, 0.5) is 0 Å². The van der Waals surface area contributed by atoms with Gasteiger partial charge >= 0.3 is 69.6 Å².